The first-order chi connectivity index (χ1) is 13.0. The largest absolute Gasteiger partial charge is 0.469 e. The van der Waals surface area contributed by atoms with Crippen LogP contribution < -0.4 is 10.6 Å². The van der Waals surface area contributed by atoms with Gasteiger partial charge in [-0.15, -0.1) is 0 Å². The lowest BCUT2D eigenvalue weighted by atomic mass is 10.2. The molecule has 27 heavy (non-hydrogen) atoms. The number of likely N-dealkylation sites (tertiary alicyclic amines) is 1. The van der Waals surface area contributed by atoms with Gasteiger partial charge in [-0.05, 0) is 32.1 Å². The number of amides is 3. The molecule has 0 aromatic rings. The molecule has 154 valence electrons. The van der Waals surface area contributed by atoms with Crippen molar-refractivity contribution in [1.82, 2.24) is 15.5 Å². The average Bonchev–Trinajstić information content (AvgIpc) is 3.15. The fourth-order valence-electron chi connectivity index (χ4n) is 3.06. The summed E-state index contributed by atoms with van der Waals surface area (Å²) in [6.07, 6.45) is 6.34. The van der Waals surface area contributed by atoms with Crippen LogP contribution in [-0.2, 0) is 23.9 Å². The molecular formula is C19H33N3O5. The van der Waals surface area contributed by atoms with Gasteiger partial charge in [-0.1, -0.05) is 19.8 Å². The molecule has 1 aliphatic heterocycles. The summed E-state index contributed by atoms with van der Waals surface area (Å²) in [5.41, 5.74) is 0. The molecule has 0 aromatic heterocycles. The highest BCUT2D eigenvalue weighted by Crippen LogP contribution is 2.17. The molecule has 0 aromatic carbocycles. The second-order valence-electron chi connectivity index (χ2n) is 6.80. The van der Waals surface area contributed by atoms with E-state index in [-0.39, 0.29) is 30.2 Å². The van der Waals surface area contributed by atoms with E-state index in [9.17, 15) is 19.2 Å². The van der Waals surface area contributed by atoms with Crippen LogP contribution in [0, 0.1) is 0 Å². The van der Waals surface area contributed by atoms with Crippen molar-refractivity contribution in [1.29, 1.82) is 0 Å². The molecule has 1 unspecified atom stereocenters. The summed E-state index contributed by atoms with van der Waals surface area (Å²) >= 11 is 0. The molecule has 1 rings (SSSR count). The van der Waals surface area contributed by atoms with Crippen LogP contribution in [0.4, 0.5) is 0 Å². The third kappa shape index (κ3) is 8.88. The monoisotopic (exact) mass is 383 g/mol. The van der Waals surface area contributed by atoms with Crippen LogP contribution in [-0.4, -0.2) is 61.4 Å². The molecule has 0 spiro atoms. The highest BCUT2D eigenvalue weighted by Gasteiger charge is 2.33. The van der Waals surface area contributed by atoms with Crippen molar-refractivity contribution in [3.8, 4) is 0 Å². The van der Waals surface area contributed by atoms with Crippen molar-refractivity contribution < 1.29 is 23.9 Å². The molecular weight excluding hydrogens is 350 g/mol. The molecule has 1 saturated heterocycles. The number of nitrogens with one attached hydrogen (secondary N) is 2. The Morgan fingerprint density at radius 3 is 2.48 bits per heavy atom. The van der Waals surface area contributed by atoms with Crippen LogP contribution in [0.25, 0.3) is 0 Å². The Labute approximate surface area is 161 Å². The minimum absolute atomic E-state index is 0.0616. The second kappa shape index (κ2) is 13.1. The Kier molecular flexibility index (Phi) is 11.1. The van der Waals surface area contributed by atoms with Crippen molar-refractivity contribution in [2.24, 2.45) is 0 Å². The van der Waals surface area contributed by atoms with Gasteiger partial charge in [0.15, 0.2) is 0 Å². The molecule has 3 amide bonds. The van der Waals surface area contributed by atoms with Crippen LogP contribution in [0.15, 0.2) is 0 Å². The summed E-state index contributed by atoms with van der Waals surface area (Å²) in [4.78, 5) is 49.0. The summed E-state index contributed by atoms with van der Waals surface area (Å²) in [5, 5.41) is 5.48. The number of unbranched alkanes of at least 4 members (excludes halogenated alkanes) is 3. The quantitative estimate of drug-likeness (QED) is 0.388. The van der Waals surface area contributed by atoms with Crippen LogP contribution in [0.1, 0.15) is 64.7 Å². The average molecular weight is 383 g/mol. The molecule has 0 bridgehead atoms. The number of rotatable bonds is 12. The highest BCUT2D eigenvalue weighted by atomic mass is 16.5. The van der Waals surface area contributed by atoms with Crippen LogP contribution in [0.5, 0.6) is 0 Å². The predicted molar refractivity (Wildman–Crippen MR) is 101 cm³/mol. The molecule has 0 radical (unpaired) electrons. The zero-order valence-electron chi connectivity index (χ0n) is 16.6. The van der Waals surface area contributed by atoms with Gasteiger partial charge in [0.05, 0.1) is 13.7 Å². The van der Waals surface area contributed by atoms with E-state index in [1.54, 1.807) is 4.90 Å². The van der Waals surface area contributed by atoms with E-state index in [1.807, 2.05) is 0 Å². The summed E-state index contributed by atoms with van der Waals surface area (Å²) in [5.74, 6) is -0.774. The fraction of sp³-hybridized carbons (Fsp3) is 0.789. The van der Waals surface area contributed by atoms with Crippen LogP contribution in [0.2, 0.25) is 0 Å². The van der Waals surface area contributed by atoms with Gasteiger partial charge in [0.2, 0.25) is 17.7 Å². The Morgan fingerprint density at radius 1 is 1.04 bits per heavy atom. The van der Waals surface area contributed by atoms with Crippen molar-refractivity contribution in [2.75, 3.05) is 26.7 Å². The van der Waals surface area contributed by atoms with Crippen LogP contribution in [0.3, 0.4) is 0 Å². The summed E-state index contributed by atoms with van der Waals surface area (Å²) in [7, 11) is 1.35. The summed E-state index contributed by atoms with van der Waals surface area (Å²) in [6.45, 7) is 3.00. The van der Waals surface area contributed by atoms with Gasteiger partial charge in [-0.3, -0.25) is 19.2 Å². The van der Waals surface area contributed by atoms with Gasteiger partial charge in [-0.2, -0.15) is 0 Å². The number of nitrogens with zero attached hydrogens (tertiary/aromatic N) is 1. The first kappa shape index (κ1) is 22.9. The minimum atomic E-state index is -0.477. The number of methoxy groups -OCH3 is 1. The fourth-order valence-corrected chi connectivity index (χ4v) is 3.06. The van der Waals surface area contributed by atoms with E-state index >= 15 is 0 Å². The summed E-state index contributed by atoms with van der Waals surface area (Å²) < 4.78 is 4.57. The van der Waals surface area contributed by atoms with Gasteiger partial charge in [0.25, 0.3) is 0 Å². The van der Waals surface area contributed by atoms with E-state index in [4.69, 9.17) is 0 Å². The molecule has 8 heteroatoms. The zero-order valence-corrected chi connectivity index (χ0v) is 16.6. The lowest BCUT2D eigenvalue weighted by Gasteiger charge is -2.24. The van der Waals surface area contributed by atoms with Crippen LogP contribution >= 0.6 is 0 Å². The molecule has 1 fully saturated rings. The van der Waals surface area contributed by atoms with E-state index in [0.29, 0.717) is 45.2 Å². The van der Waals surface area contributed by atoms with Crippen molar-refractivity contribution in [3.05, 3.63) is 0 Å². The number of carbonyl (C=O) groups is 4. The first-order valence-corrected chi connectivity index (χ1v) is 9.90. The minimum Gasteiger partial charge on any atom is -0.469 e. The number of ether oxygens (including phenoxy) is 1. The van der Waals surface area contributed by atoms with E-state index < -0.39 is 6.04 Å². The maximum absolute atomic E-state index is 12.4. The molecule has 1 aliphatic rings. The Bertz CT molecular complexity index is 510. The van der Waals surface area contributed by atoms with Gasteiger partial charge in [0.1, 0.15) is 6.04 Å². The summed E-state index contributed by atoms with van der Waals surface area (Å²) in [6, 6.07) is -0.477. The van der Waals surface area contributed by atoms with Crippen molar-refractivity contribution in [2.45, 2.75) is 70.8 Å². The number of carbonyl (C=O) groups excluding carboxylic acids is 4. The molecule has 0 aliphatic carbocycles. The maximum Gasteiger partial charge on any atom is 0.305 e. The van der Waals surface area contributed by atoms with Crippen molar-refractivity contribution >= 4 is 23.7 Å². The molecule has 0 saturated carbocycles. The third-order valence-electron chi connectivity index (χ3n) is 4.65. The maximum atomic E-state index is 12.4. The van der Waals surface area contributed by atoms with Gasteiger partial charge >= 0.3 is 5.97 Å². The number of hydrogen-bond donors (Lipinski definition) is 2. The predicted octanol–water partition coefficient (Wildman–Crippen LogP) is 1.13. The molecule has 1 heterocycles. The lowest BCUT2D eigenvalue weighted by Crippen LogP contribution is -2.49. The topological polar surface area (TPSA) is 105 Å². The highest BCUT2D eigenvalue weighted by molar-refractivity contribution is 5.90. The normalized spacial score (nSPS) is 16.1. The third-order valence-corrected chi connectivity index (χ3v) is 4.65. The van der Waals surface area contributed by atoms with E-state index in [1.165, 1.54) is 7.11 Å². The smallest absolute Gasteiger partial charge is 0.305 e. The van der Waals surface area contributed by atoms with Gasteiger partial charge in [-0.25, -0.2) is 0 Å². The van der Waals surface area contributed by atoms with Gasteiger partial charge < -0.3 is 20.3 Å². The number of esters is 1. The van der Waals surface area contributed by atoms with E-state index in [0.717, 1.165) is 25.7 Å². The molecule has 1 atom stereocenters. The SMILES string of the molecule is CCCCCC(=O)NCC(=O)N1CCCC1C(=O)NCCCCC(=O)OC. The molecule has 8 nitrogen and oxygen atoms in total. The Hall–Kier alpha value is -2.12. The Morgan fingerprint density at radius 2 is 1.78 bits per heavy atom. The van der Waals surface area contributed by atoms with E-state index in [2.05, 4.69) is 22.3 Å². The standard InChI is InChI=1S/C19H33N3O5/c1-3-4-5-10-16(23)21-14-17(24)22-13-8-9-15(22)19(26)20-12-7-6-11-18(25)27-2/h15H,3-14H2,1-2H3,(H,20,26)(H,21,23). The zero-order chi connectivity index (χ0) is 20.1. The van der Waals surface area contributed by atoms with Gasteiger partial charge in [0, 0.05) is 25.9 Å². The first-order valence-electron chi connectivity index (χ1n) is 9.90. The second-order valence-corrected chi connectivity index (χ2v) is 6.80. The number of hydrogen-bond acceptors (Lipinski definition) is 5. The molecule has 2 N–H and O–H groups in total. The Balaban J connectivity index is 2.30. The van der Waals surface area contributed by atoms with Crippen molar-refractivity contribution in [3.63, 3.8) is 0 Å². The lowest BCUT2D eigenvalue weighted by molar-refractivity contribution is -0.140.